The van der Waals surface area contributed by atoms with Crippen molar-refractivity contribution < 1.29 is 5.11 Å². The summed E-state index contributed by atoms with van der Waals surface area (Å²) in [6.45, 7) is 1.83. The molecule has 2 heteroatoms. The van der Waals surface area contributed by atoms with Crippen molar-refractivity contribution in [3.8, 4) is 5.75 Å². The maximum atomic E-state index is 10.1. The molecule has 2 aromatic rings. The maximum absolute atomic E-state index is 10.1. The van der Waals surface area contributed by atoms with Crippen molar-refractivity contribution in [2.24, 2.45) is 5.92 Å². The van der Waals surface area contributed by atoms with Gasteiger partial charge in [0.05, 0.1) is 0 Å². The van der Waals surface area contributed by atoms with Crippen LogP contribution in [-0.4, -0.2) is 11.7 Å². The van der Waals surface area contributed by atoms with Gasteiger partial charge in [0, 0.05) is 12.1 Å². The largest absolute Gasteiger partial charge is 0.508 e. The van der Waals surface area contributed by atoms with Gasteiger partial charge >= 0.3 is 0 Å². The number of hydrogen-bond donors (Lipinski definition) is 2. The third-order valence-electron chi connectivity index (χ3n) is 4.23. The van der Waals surface area contributed by atoms with E-state index in [2.05, 4.69) is 17.4 Å². The summed E-state index contributed by atoms with van der Waals surface area (Å²) in [5, 5.41) is 15.9. The number of fused-ring (bicyclic) bond motifs is 1. The van der Waals surface area contributed by atoms with Crippen LogP contribution in [-0.2, 0) is 6.54 Å². The molecule has 19 heavy (non-hydrogen) atoms. The zero-order chi connectivity index (χ0) is 13.1. The van der Waals surface area contributed by atoms with Crippen molar-refractivity contribution in [1.29, 1.82) is 0 Å². The fourth-order valence-electron chi connectivity index (χ4n) is 3.13. The lowest BCUT2D eigenvalue weighted by Gasteiger charge is -2.13. The number of hydrogen-bond acceptors (Lipinski definition) is 2. The molecule has 1 aliphatic carbocycles. The van der Waals surface area contributed by atoms with Crippen LogP contribution in [0.2, 0.25) is 0 Å². The molecule has 1 fully saturated rings. The van der Waals surface area contributed by atoms with E-state index in [0.717, 1.165) is 30.0 Å². The molecular weight excluding hydrogens is 234 g/mol. The van der Waals surface area contributed by atoms with E-state index in [4.69, 9.17) is 0 Å². The van der Waals surface area contributed by atoms with E-state index in [1.807, 2.05) is 18.2 Å². The Bertz CT molecular complexity index is 558. The third-order valence-corrected chi connectivity index (χ3v) is 4.23. The molecule has 0 unspecified atom stereocenters. The minimum Gasteiger partial charge on any atom is -0.508 e. The molecule has 2 N–H and O–H groups in total. The van der Waals surface area contributed by atoms with Crippen LogP contribution in [0, 0.1) is 5.92 Å². The second-order valence-electron chi connectivity index (χ2n) is 5.57. The molecule has 2 aromatic carbocycles. The average molecular weight is 255 g/mol. The number of benzene rings is 2. The molecule has 0 amide bonds. The standard InChI is InChI=1S/C17H21NO/c19-17-10-9-14-7-3-4-8-15(14)16(17)12-18-11-13-5-1-2-6-13/h3-4,7-10,13,18-19H,1-2,5-6,11-12H2. The molecule has 0 heterocycles. The van der Waals surface area contributed by atoms with E-state index in [9.17, 15) is 5.11 Å². The van der Waals surface area contributed by atoms with Crippen molar-refractivity contribution in [3.05, 3.63) is 42.0 Å². The van der Waals surface area contributed by atoms with Gasteiger partial charge in [0.1, 0.15) is 5.75 Å². The molecule has 0 saturated heterocycles. The molecule has 0 aliphatic heterocycles. The zero-order valence-electron chi connectivity index (χ0n) is 11.2. The Kier molecular flexibility index (Phi) is 3.69. The summed E-state index contributed by atoms with van der Waals surface area (Å²) in [6, 6.07) is 12.0. The second kappa shape index (κ2) is 5.62. The van der Waals surface area contributed by atoms with Crippen LogP contribution < -0.4 is 5.32 Å². The highest BCUT2D eigenvalue weighted by atomic mass is 16.3. The monoisotopic (exact) mass is 255 g/mol. The maximum Gasteiger partial charge on any atom is 0.120 e. The van der Waals surface area contributed by atoms with Crippen molar-refractivity contribution >= 4 is 10.8 Å². The van der Waals surface area contributed by atoms with Gasteiger partial charge in [-0.05, 0) is 42.1 Å². The normalized spacial score (nSPS) is 16.2. The summed E-state index contributed by atoms with van der Waals surface area (Å²) < 4.78 is 0. The Morgan fingerprint density at radius 3 is 2.68 bits per heavy atom. The van der Waals surface area contributed by atoms with Crippen LogP contribution in [0.3, 0.4) is 0 Å². The molecule has 0 aromatic heterocycles. The summed E-state index contributed by atoms with van der Waals surface area (Å²) in [7, 11) is 0. The summed E-state index contributed by atoms with van der Waals surface area (Å²) in [6.07, 6.45) is 5.47. The van der Waals surface area contributed by atoms with Crippen LogP contribution in [0.25, 0.3) is 10.8 Å². The van der Waals surface area contributed by atoms with E-state index in [0.29, 0.717) is 5.75 Å². The van der Waals surface area contributed by atoms with Gasteiger partial charge in [-0.2, -0.15) is 0 Å². The molecule has 3 rings (SSSR count). The van der Waals surface area contributed by atoms with Crippen LogP contribution >= 0.6 is 0 Å². The lowest BCUT2D eigenvalue weighted by atomic mass is 10.0. The van der Waals surface area contributed by atoms with E-state index in [1.165, 1.54) is 31.1 Å². The fraction of sp³-hybridized carbons (Fsp3) is 0.412. The van der Waals surface area contributed by atoms with Crippen molar-refractivity contribution in [2.45, 2.75) is 32.2 Å². The highest BCUT2D eigenvalue weighted by molar-refractivity contribution is 5.87. The molecule has 0 radical (unpaired) electrons. The summed E-state index contributed by atoms with van der Waals surface area (Å²) >= 11 is 0. The van der Waals surface area contributed by atoms with Gasteiger partial charge < -0.3 is 10.4 Å². The zero-order valence-corrected chi connectivity index (χ0v) is 11.2. The van der Waals surface area contributed by atoms with Gasteiger partial charge in [0.25, 0.3) is 0 Å². The first-order valence-electron chi connectivity index (χ1n) is 7.25. The number of nitrogens with one attached hydrogen (secondary N) is 1. The van der Waals surface area contributed by atoms with Gasteiger partial charge in [-0.1, -0.05) is 43.2 Å². The molecule has 0 spiro atoms. The van der Waals surface area contributed by atoms with E-state index in [-0.39, 0.29) is 0 Å². The molecule has 1 saturated carbocycles. The Labute approximate surface area is 114 Å². The van der Waals surface area contributed by atoms with Crippen LogP contribution in [0.4, 0.5) is 0 Å². The second-order valence-corrected chi connectivity index (χ2v) is 5.57. The van der Waals surface area contributed by atoms with Crippen LogP contribution in [0.1, 0.15) is 31.2 Å². The molecule has 100 valence electrons. The van der Waals surface area contributed by atoms with Crippen molar-refractivity contribution in [2.75, 3.05) is 6.54 Å². The molecule has 2 nitrogen and oxygen atoms in total. The Hall–Kier alpha value is -1.54. The smallest absolute Gasteiger partial charge is 0.120 e. The number of phenols is 1. The predicted octanol–water partition coefficient (Wildman–Crippen LogP) is 3.83. The summed E-state index contributed by atoms with van der Waals surface area (Å²) in [5.41, 5.74) is 1.02. The van der Waals surface area contributed by atoms with Gasteiger partial charge in [0.2, 0.25) is 0 Å². The van der Waals surface area contributed by atoms with Gasteiger partial charge in [-0.25, -0.2) is 0 Å². The minimum absolute atomic E-state index is 0.401. The minimum atomic E-state index is 0.401. The van der Waals surface area contributed by atoms with E-state index >= 15 is 0 Å². The van der Waals surface area contributed by atoms with Gasteiger partial charge in [0.15, 0.2) is 0 Å². The topological polar surface area (TPSA) is 32.3 Å². The fourth-order valence-corrected chi connectivity index (χ4v) is 3.13. The van der Waals surface area contributed by atoms with E-state index < -0.39 is 0 Å². The van der Waals surface area contributed by atoms with Gasteiger partial charge in [-0.3, -0.25) is 0 Å². The highest BCUT2D eigenvalue weighted by Gasteiger charge is 2.14. The third kappa shape index (κ3) is 2.74. The van der Waals surface area contributed by atoms with Crippen LogP contribution in [0.5, 0.6) is 5.75 Å². The predicted molar refractivity (Wildman–Crippen MR) is 79.3 cm³/mol. The van der Waals surface area contributed by atoms with E-state index in [1.54, 1.807) is 6.07 Å². The Balaban J connectivity index is 1.74. The lowest BCUT2D eigenvalue weighted by Crippen LogP contribution is -2.20. The lowest BCUT2D eigenvalue weighted by molar-refractivity contribution is 0.455. The van der Waals surface area contributed by atoms with Crippen molar-refractivity contribution in [3.63, 3.8) is 0 Å². The number of rotatable bonds is 4. The molecular formula is C17H21NO. The SMILES string of the molecule is Oc1ccc2ccccc2c1CNCC1CCCC1. The van der Waals surface area contributed by atoms with Crippen LogP contribution in [0.15, 0.2) is 36.4 Å². The average Bonchev–Trinajstić information content (AvgIpc) is 2.94. The Morgan fingerprint density at radius 2 is 1.84 bits per heavy atom. The first kappa shape index (κ1) is 12.5. The molecule has 0 atom stereocenters. The highest BCUT2D eigenvalue weighted by Crippen LogP contribution is 2.27. The summed E-state index contributed by atoms with van der Waals surface area (Å²) in [5.74, 6) is 1.23. The van der Waals surface area contributed by atoms with Gasteiger partial charge in [-0.15, -0.1) is 0 Å². The molecule has 0 bridgehead atoms. The Morgan fingerprint density at radius 1 is 1.05 bits per heavy atom. The first-order valence-corrected chi connectivity index (χ1v) is 7.25. The quantitative estimate of drug-likeness (QED) is 0.870. The number of phenolic OH excluding ortho intramolecular Hbond substituents is 1. The summed E-state index contributed by atoms with van der Waals surface area (Å²) in [4.78, 5) is 0. The first-order chi connectivity index (χ1) is 9.34. The number of aromatic hydroxyl groups is 1. The van der Waals surface area contributed by atoms with Crippen molar-refractivity contribution in [1.82, 2.24) is 5.32 Å². The molecule has 1 aliphatic rings.